The van der Waals surface area contributed by atoms with Crippen LogP contribution in [0.15, 0.2) is 18.2 Å². The van der Waals surface area contributed by atoms with E-state index in [1.807, 2.05) is 12.1 Å². The van der Waals surface area contributed by atoms with E-state index in [1.165, 1.54) is 0 Å². The molecule has 104 valence electrons. The number of hydrogen-bond acceptors (Lipinski definition) is 3. The van der Waals surface area contributed by atoms with Gasteiger partial charge in [0.15, 0.2) is 0 Å². The van der Waals surface area contributed by atoms with Gasteiger partial charge in [-0.1, -0.05) is 13.3 Å². The molecule has 2 N–H and O–H groups in total. The van der Waals surface area contributed by atoms with E-state index in [1.54, 1.807) is 7.11 Å². The van der Waals surface area contributed by atoms with E-state index in [2.05, 4.69) is 24.5 Å². The number of hydrogen-bond donors (Lipinski definition) is 1. The molecule has 0 saturated carbocycles. The summed E-state index contributed by atoms with van der Waals surface area (Å²) in [5.74, 6) is 2.29. The Morgan fingerprint density at radius 3 is 2.74 bits per heavy atom. The zero-order valence-electron chi connectivity index (χ0n) is 12.0. The summed E-state index contributed by atoms with van der Waals surface area (Å²) in [6.45, 7) is 5.89. The molecule has 0 aliphatic carbocycles. The number of aryl methyl sites for hydroxylation is 1. The molecule has 2 aromatic rings. The first-order valence-corrected chi connectivity index (χ1v) is 6.99. The minimum atomic E-state index is 0.336. The fourth-order valence-electron chi connectivity index (χ4n) is 2.60. The SMILES string of the molecule is CCCC(CN)c1nc2cc(OC)ccc2n1CC. The molecule has 1 atom stereocenters. The van der Waals surface area contributed by atoms with Crippen LogP contribution in [0.5, 0.6) is 5.75 Å². The largest absolute Gasteiger partial charge is 0.497 e. The summed E-state index contributed by atoms with van der Waals surface area (Å²) < 4.78 is 7.53. The highest BCUT2D eigenvalue weighted by atomic mass is 16.5. The Morgan fingerprint density at radius 2 is 2.16 bits per heavy atom. The van der Waals surface area contributed by atoms with Gasteiger partial charge in [-0.3, -0.25) is 0 Å². The Labute approximate surface area is 114 Å². The number of nitrogens with zero attached hydrogens (tertiary/aromatic N) is 2. The van der Waals surface area contributed by atoms with Crippen molar-refractivity contribution in [2.24, 2.45) is 5.73 Å². The molecule has 1 heterocycles. The van der Waals surface area contributed by atoms with Crippen LogP contribution in [0.4, 0.5) is 0 Å². The normalized spacial score (nSPS) is 12.8. The van der Waals surface area contributed by atoms with Crippen LogP contribution in [0.2, 0.25) is 0 Å². The van der Waals surface area contributed by atoms with Crippen LogP contribution in [-0.2, 0) is 6.54 Å². The van der Waals surface area contributed by atoms with Crippen molar-refractivity contribution in [1.82, 2.24) is 9.55 Å². The molecule has 0 spiro atoms. The number of aromatic nitrogens is 2. The molecule has 0 amide bonds. The molecule has 4 heteroatoms. The van der Waals surface area contributed by atoms with Crippen LogP contribution < -0.4 is 10.5 Å². The third-order valence-corrected chi connectivity index (χ3v) is 3.59. The van der Waals surface area contributed by atoms with Crippen molar-refractivity contribution in [3.8, 4) is 5.75 Å². The zero-order chi connectivity index (χ0) is 13.8. The maximum Gasteiger partial charge on any atom is 0.121 e. The highest BCUT2D eigenvalue weighted by Crippen LogP contribution is 2.27. The van der Waals surface area contributed by atoms with Crippen molar-refractivity contribution in [3.05, 3.63) is 24.0 Å². The van der Waals surface area contributed by atoms with Crippen LogP contribution in [0.1, 0.15) is 38.4 Å². The minimum absolute atomic E-state index is 0.336. The minimum Gasteiger partial charge on any atom is -0.497 e. The summed E-state index contributed by atoms with van der Waals surface area (Å²) in [4.78, 5) is 4.78. The van der Waals surface area contributed by atoms with E-state index in [4.69, 9.17) is 15.5 Å². The fraction of sp³-hybridized carbons (Fsp3) is 0.533. The predicted octanol–water partition coefficient (Wildman–Crippen LogP) is 2.91. The molecule has 0 radical (unpaired) electrons. The summed E-state index contributed by atoms with van der Waals surface area (Å²) in [7, 11) is 1.68. The first-order chi connectivity index (χ1) is 9.24. The number of ether oxygens (including phenoxy) is 1. The molecule has 0 aliphatic rings. The molecule has 0 fully saturated rings. The summed E-state index contributed by atoms with van der Waals surface area (Å²) in [5.41, 5.74) is 8.07. The molecule has 1 aromatic heterocycles. The molecule has 19 heavy (non-hydrogen) atoms. The van der Waals surface area contributed by atoms with Gasteiger partial charge in [0.05, 0.1) is 18.1 Å². The van der Waals surface area contributed by atoms with Gasteiger partial charge in [-0.2, -0.15) is 0 Å². The van der Waals surface area contributed by atoms with Crippen molar-refractivity contribution in [1.29, 1.82) is 0 Å². The Morgan fingerprint density at radius 1 is 1.37 bits per heavy atom. The number of nitrogens with two attached hydrogens (primary N) is 1. The van der Waals surface area contributed by atoms with Gasteiger partial charge in [0.25, 0.3) is 0 Å². The van der Waals surface area contributed by atoms with Crippen molar-refractivity contribution >= 4 is 11.0 Å². The topological polar surface area (TPSA) is 53.1 Å². The van der Waals surface area contributed by atoms with Gasteiger partial charge in [0.2, 0.25) is 0 Å². The second-order valence-electron chi connectivity index (χ2n) is 4.79. The van der Waals surface area contributed by atoms with Gasteiger partial charge in [-0.25, -0.2) is 4.98 Å². The van der Waals surface area contributed by atoms with Gasteiger partial charge in [-0.15, -0.1) is 0 Å². The molecule has 2 rings (SSSR count). The van der Waals surface area contributed by atoms with Gasteiger partial charge in [0.1, 0.15) is 11.6 Å². The predicted molar refractivity (Wildman–Crippen MR) is 78.7 cm³/mol. The van der Waals surface area contributed by atoms with Gasteiger partial charge >= 0.3 is 0 Å². The lowest BCUT2D eigenvalue weighted by atomic mass is 10.0. The van der Waals surface area contributed by atoms with Crippen LogP contribution in [0.25, 0.3) is 11.0 Å². The molecule has 0 bridgehead atoms. The molecule has 1 aromatic carbocycles. The van der Waals surface area contributed by atoms with Crippen molar-refractivity contribution in [2.75, 3.05) is 13.7 Å². The molecule has 0 aliphatic heterocycles. The summed E-state index contributed by atoms with van der Waals surface area (Å²) in [6.07, 6.45) is 2.20. The van der Waals surface area contributed by atoms with E-state index in [-0.39, 0.29) is 0 Å². The van der Waals surface area contributed by atoms with Gasteiger partial charge in [-0.05, 0) is 25.5 Å². The molecular formula is C15H23N3O. The van der Waals surface area contributed by atoms with Crippen molar-refractivity contribution in [3.63, 3.8) is 0 Å². The molecule has 1 unspecified atom stereocenters. The number of fused-ring (bicyclic) bond motifs is 1. The summed E-state index contributed by atoms with van der Waals surface area (Å²) >= 11 is 0. The lowest BCUT2D eigenvalue weighted by Crippen LogP contribution is -2.17. The molecular weight excluding hydrogens is 238 g/mol. The highest BCUT2D eigenvalue weighted by molar-refractivity contribution is 5.78. The average molecular weight is 261 g/mol. The standard InChI is InChI=1S/C15H23N3O/c1-4-6-11(10-16)15-17-13-9-12(19-3)7-8-14(13)18(15)5-2/h7-9,11H,4-6,10,16H2,1-3H3. The maximum absolute atomic E-state index is 5.91. The Bertz CT molecular complexity index is 548. The highest BCUT2D eigenvalue weighted by Gasteiger charge is 2.18. The Kier molecular flexibility index (Phi) is 4.43. The second-order valence-corrected chi connectivity index (χ2v) is 4.79. The lowest BCUT2D eigenvalue weighted by molar-refractivity contribution is 0.415. The van der Waals surface area contributed by atoms with Crippen LogP contribution in [0, 0.1) is 0 Å². The number of methoxy groups -OCH3 is 1. The Balaban J connectivity index is 2.53. The average Bonchev–Trinajstić information content (AvgIpc) is 2.81. The number of benzene rings is 1. The zero-order valence-corrected chi connectivity index (χ0v) is 12.0. The molecule has 4 nitrogen and oxygen atoms in total. The smallest absolute Gasteiger partial charge is 0.121 e. The maximum atomic E-state index is 5.91. The molecule has 0 saturated heterocycles. The van der Waals surface area contributed by atoms with Crippen LogP contribution in [-0.4, -0.2) is 23.2 Å². The van der Waals surface area contributed by atoms with E-state index in [0.717, 1.165) is 42.0 Å². The third kappa shape index (κ3) is 2.59. The quantitative estimate of drug-likeness (QED) is 0.870. The van der Waals surface area contributed by atoms with Gasteiger partial charge in [0, 0.05) is 25.1 Å². The Hall–Kier alpha value is -1.55. The van der Waals surface area contributed by atoms with E-state index >= 15 is 0 Å². The van der Waals surface area contributed by atoms with Crippen molar-refractivity contribution in [2.45, 2.75) is 39.2 Å². The fourth-order valence-corrected chi connectivity index (χ4v) is 2.60. The van der Waals surface area contributed by atoms with E-state index < -0.39 is 0 Å². The number of rotatable bonds is 6. The number of imidazole rings is 1. The third-order valence-electron chi connectivity index (χ3n) is 3.59. The van der Waals surface area contributed by atoms with E-state index in [9.17, 15) is 0 Å². The summed E-state index contributed by atoms with van der Waals surface area (Å²) in [6, 6.07) is 6.05. The van der Waals surface area contributed by atoms with Crippen molar-refractivity contribution < 1.29 is 4.74 Å². The first kappa shape index (κ1) is 13.9. The second kappa shape index (κ2) is 6.06. The van der Waals surface area contributed by atoms with Gasteiger partial charge < -0.3 is 15.0 Å². The van der Waals surface area contributed by atoms with Crippen LogP contribution in [0.3, 0.4) is 0 Å². The first-order valence-electron chi connectivity index (χ1n) is 6.99. The lowest BCUT2D eigenvalue weighted by Gasteiger charge is -2.15. The van der Waals surface area contributed by atoms with Crippen LogP contribution >= 0.6 is 0 Å². The monoisotopic (exact) mass is 261 g/mol. The summed E-state index contributed by atoms with van der Waals surface area (Å²) in [5, 5.41) is 0. The van der Waals surface area contributed by atoms with E-state index in [0.29, 0.717) is 12.5 Å².